The van der Waals surface area contributed by atoms with Crippen LogP contribution in [0.5, 0.6) is 0 Å². The summed E-state index contributed by atoms with van der Waals surface area (Å²) < 4.78 is 5.35. The first-order valence-corrected chi connectivity index (χ1v) is 9.80. The summed E-state index contributed by atoms with van der Waals surface area (Å²) in [6.45, 7) is 0.0952. The van der Waals surface area contributed by atoms with E-state index >= 15 is 0 Å². The summed E-state index contributed by atoms with van der Waals surface area (Å²) in [7, 11) is 0. The number of fused-ring (bicyclic) bond motifs is 3. The first-order chi connectivity index (χ1) is 13.1. The Balaban J connectivity index is 1.64. The van der Waals surface area contributed by atoms with Crippen molar-refractivity contribution in [2.75, 3.05) is 24.7 Å². The Bertz CT molecular complexity index is 780. The second-order valence-electron chi connectivity index (χ2n) is 6.16. The second kappa shape index (κ2) is 8.92. The van der Waals surface area contributed by atoms with Crippen LogP contribution < -0.4 is 5.32 Å². The van der Waals surface area contributed by atoms with Crippen molar-refractivity contribution in [3.05, 3.63) is 59.7 Å². The minimum Gasteiger partial charge on any atom is -0.480 e. The molecule has 142 valence electrons. The molecule has 0 heterocycles. The highest BCUT2D eigenvalue weighted by molar-refractivity contribution is 7.99. The largest absolute Gasteiger partial charge is 0.480 e. The van der Waals surface area contributed by atoms with E-state index in [1.54, 1.807) is 0 Å². The number of carbonyl (C=O) groups is 2. The van der Waals surface area contributed by atoms with E-state index in [2.05, 4.69) is 5.32 Å². The van der Waals surface area contributed by atoms with Gasteiger partial charge in [-0.25, -0.2) is 9.59 Å². The third-order valence-corrected chi connectivity index (χ3v) is 5.49. The maximum Gasteiger partial charge on any atom is 0.407 e. The molecule has 0 bridgehead atoms. The van der Waals surface area contributed by atoms with E-state index in [1.165, 1.54) is 11.8 Å². The lowest BCUT2D eigenvalue weighted by Gasteiger charge is -2.17. The Morgan fingerprint density at radius 2 is 1.67 bits per heavy atom. The summed E-state index contributed by atoms with van der Waals surface area (Å²) in [5.41, 5.74) is 4.46. The van der Waals surface area contributed by atoms with Gasteiger partial charge in [-0.3, -0.25) is 0 Å². The molecule has 0 aromatic heterocycles. The summed E-state index contributed by atoms with van der Waals surface area (Å²) in [4.78, 5) is 23.4. The van der Waals surface area contributed by atoms with Crippen molar-refractivity contribution >= 4 is 23.8 Å². The van der Waals surface area contributed by atoms with Crippen molar-refractivity contribution in [1.29, 1.82) is 0 Å². The van der Waals surface area contributed by atoms with Gasteiger partial charge in [-0.15, -0.1) is 0 Å². The third kappa shape index (κ3) is 4.43. The number of aliphatic carboxylic acids is 1. The quantitative estimate of drug-likeness (QED) is 0.603. The van der Waals surface area contributed by atoms with Gasteiger partial charge in [0.05, 0.1) is 6.61 Å². The number of carboxylic acids is 1. The number of aliphatic hydroxyl groups excluding tert-OH is 1. The van der Waals surface area contributed by atoms with Gasteiger partial charge in [-0.05, 0) is 22.3 Å². The molecule has 7 heteroatoms. The summed E-state index contributed by atoms with van der Waals surface area (Å²) in [6.07, 6.45) is -0.756. The van der Waals surface area contributed by atoms with Crippen molar-refractivity contribution in [1.82, 2.24) is 5.32 Å². The number of hydrogen-bond acceptors (Lipinski definition) is 5. The Hall–Kier alpha value is -2.51. The molecule has 2 aromatic rings. The lowest BCUT2D eigenvalue weighted by atomic mass is 9.98. The van der Waals surface area contributed by atoms with Gasteiger partial charge in [0, 0.05) is 17.4 Å². The number of benzene rings is 2. The van der Waals surface area contributed by atoms with Gasteiger partial charge in [0.2, 0.25) is 0 Å². The predicted molar refractivity (Wildman–Crippen MR) is 104 cm³/mol. The first-order valence-electron chi connectivity index (χ1n) is 8.64. The molecule has 1 aliphatic carbocycles. The zero-order valence-electron chi connectivity index (χ0n) is 14.6. The minimum absolute atomic E-state index is 0.0397. The third-order valence-electron chi connectivity index (χ3n) is 4.45. The van der Waals surface area contributed by atoms with Gasteiger partial charge < -0.3 is 20.3 Å². The van der Waals surface area contributed by atoms with Crippen LogP contribution in [0, 0.1) is 0 Å². The van der Waals surface area contributed by atoms with Crippen molar-refractivity contribution in [3.8, 4) is 11.1 Å². The summed E-state index contributed by atoms with van der Waals surface area (Å²) in [6, 6.07) is 14.9. The number of carboxylic acid groups (broad SMARTS) is 1. The standard InChI is InChI=1S/C20H21NO5S/c22-9-10-27-12-18(19(23)24)21-20(25)26-11-17-15-7-3-1-5-13(15)14-6-2-4-8-16(14)17/h1-8,17-18,22H,9-12H2,(H,21,25)(H,23,24)/t18-/m1/s1. The van der Waals surface area contributed by atoms with Crippen molar-refractivity contribution in [3.63, 3.8) is 0 Å². The molecule has 3 N–H and O–H groups in total. The molecule has 0 fully saturated rings. The molecular formula is C20H21NO5S. The number of aliphatic hydroxyl groups is 1. The lowest BCUT2D eigenvalue weighted by Crippen LogP contribution is -2.43. The molecule has 1 atom stereocenters. The van der Waals surface area contributed by atoms with Gasteiger partial charge in [0.1, 0.15) is 12.6 Å². The molecule has 1 aliphatic rings. The molecular weight excluding hydrogens is 366 g/mol. The van der Waals surface area contributed by atoms with Gasteiger partial charge >= 0.3 is 12.1 Å². The fourth-order valence-corrected chi connectivity index (χ4v) is 3.98. The number of thioether (sulfide) groups is 1. The number of amides is 1. The van der Waals surface area contributed by atoms with Gasteiger partial charge in [-0.2, -0.15) is 11.8 Å². The number of rotatable bonds is 8. The first kappa shape index (κ1) is 19.3. The van der Waals surface area contributed by atoms with Crippen LogP contribution in [0.25, 0.3) is 11.1 Å². The predicted octanol–water partition coefficient (Wildman–Crippen LogP) is 2.70. The van der Waals surface area contributed by atoms with Crippen LogP contribution in [0.4, 0.5) is 4.79 Å². The van der Waals surface area contributed by atoms with Gasteiger partial charge in [0.15, 0.2) is 0 Å². The van der Waals surface area contributed by atoms with E-state index in [-0.39, 0.29) is 24.9 Å². The molecule has 0 spiro atoms. The SMILES string of the molecule is O=C(N[C@H](CSCCO)C(=O)O)OCC1c2ccccc2-c2ccccc21. The Labute approximate surface area is 161 Å². The molecule has 2 aromatic carbocycles. The number of nitrogens with one attached hydrogen (secondary N) is 1. The van der Waals surface area contributed by atoms with Crippen LogP contribution in [0.3, 0.4) is 0 Å². The zero-order valence-corrected chi connectivity index (χ0v) is 15.4. The maximum atomic E-state index is 12.1. The van der Waals surface area contributed by atoms with Gasteiger partial charge in [-0.1, -0.05) is 48.5 Å². The molecule has 27 heavy (non-hydrogen) atoms. The fourth-order valence-electron chi connectivity index (χ4n) is 3.22. The number of carbonyl (C=O) groups excluding carboxylic acids is 1. The number of hydrogen-bond donors (Lipinski definition) is 3. The minimum atomic E-state index is -1.13. The summed E-state index contributed by atoms with van der Waals surface area (Å²) in [5.74, 6) is -0.625. The van der Waals surface area contributed by atoms with Crippen LogP contribution in [-0.4, -0.2) is 53.0 Å². The molecule has 0 aliphatic heterocycles. The van der Waals surface area contributed by atoms with Crippen LogP contribution >= 0.6 is 11.8 Å². The van der Waals surface area contributed by atoms with Crippen LogP contribution in [0.15, 0.2) is 48.5 Å². The fraction of sp³-hybridized carbons (Fsp3) is 0.300. The Morgan fingerprint density at radius 1 is 1.07 bits per heavy atom. The highest BCUT2D eigenvalue weighted by Crippen LogP contribution is 2.44. The molecule has 0 unspecified atom stereocenters. The normalized spacial score (nSPS) is 13.5. The number of ether oxygens (including phenoxy) is 1. The number of alkyl carbamates (subject to hydrolysis) is 1. The van der Waals surface area contributed by atoms with Crippen molar-refractivity contribution in [2.24, 2.45) is 0 Å². The smallest absolute Gasteiger partial charge is 0.407 e. The highest BCUT2D eigenvalue weighted by Gasteiger charge is 2.29. The summed E-state index contributed by atoms with van der Waals surface area (Å²) in [5, 5.41) is 20.4. The monoisotopic (exact) mass is 387 g/mol. The van der Waals surface area contributed by atoms with Crippen molar-refractivity contribution in [2.45, 2.75) is 12.0 Å². The molecule has 6 nitrogen and oxygen atoms in total. The van der Waals surface area contributed by atoms with E-state index < -0.39 is 18.1 Å². The zero-order chi connectivity index (χ0) is 19.2. The van der Waals surface area contributed by atoms with Crippen molar-refractivity contribution < 1.29 is 24.5 Å². The molecule has 0 saturated heterocycles. The van der Waals surface area contributed by atoms with E-state index in [0.717, 1.165) is 22.3 Å². The van der Waals surface area contributed by atoms with Crippen LogP contribution in [-0.2, 0) is 9.53 Å². The molecule has 0 radical (unpaired) electrons. The molecule has 3 rings (SSSR count). The topological polar surface area (TPSA) is 95.9 Å². The Kier molecular flexibility index (Phi) is 6.36. The average Bonchev–Trinajstić information content (AvgIpc) is 2.99. The molecule has 0 saturated carbocycles. The van der Waals surface area contributed by atoms with E-state index in [1.807, 2.05) is 48.5 Å². The average molecular weight is 387 g/mol. The van der Waals surface area contributed by atoms with Crippen LogP contribution in [0.1, 0.15) is 17.0 Å². The lowest BCUT2D eigenvalue weighted by molar-refractivity contribution is -0.138. The second-order valence-corrected chi connectivity index (χ2v) is 7.31. The highest BCUT2D eigenvalue weighted by atomic mass is 32.2. The van der Waals surface area contributed by atoms with E-state index in [9.17, 15) is 14.7 Å². The Morgan fingerprint density at radius 3 is 2.22 bits per heavy atom. The molecule has 1 amide bonds. The van der Waals surface area contributed by atoms with E-state index in [0.29, 0.717) is 5.75 Å². The summed E-state index contributed by atoms with van der Waals surface area (Å²) >= 11 is 1.26. The van der Waals surface area contributed by atoms with Crippen LogP contribution in [0.2, 0.25) is 0 Å². The van der Waals surface area contributed by atoms with E-state index in [4.69, 9.17) is 9.84 Å². The maximum absolute atomic E-state index is 12.1. The van der Waals surface area contributed by atoms with Gasteiger partial charge in [0.25, 0.3) is 0 Å².